The van der Waals surface area contributed by atoms with Crippen molar-refractivity contribution in [1.29, 1.82) is 0 Å². The second kappa shape index (κ2) is 3.94. The van der Waals surface area contributed by atoms with Crippen LogP contribution in [0.2, 0.25) is 5.15 Å². The molecule has 0 aliphatic heterocycles. The van der Waals surface area contributed by atoms with Gasteiger partial charge in [0, 0.05) is 5.56 Å². The van der Waals surface area contributed by atoms with Gasteiger partial charge in [0.15, 0.2) is 11.3 Å². The molecule has 1 heterocycles. The molecule has 1 atom stereocenters. The third kappa shape index (κ3) is 2.38. The summed E-state index contributed by atoms with van der Waals surface area (Å²) in [6.07, 6.45) is -7.39. The summed E-state index contributed by atoms with van der Waals surface area (Å²) in [7, 11) is 0. The van der Waals surface area contributed by atoms with Crippen LogP contribution in [0.1, 0.15) is 22.9 Å². The third-order valence-corrected chi connectivity index (χ3v) is 2.32. The highest BCUT2D eigenvalue weighted by Gasteiger charge is 2.42. The van der Waals surface area contributed by atoms with Gasteiger partial charge in [-0.2, -0.15) is 18.3 Å². The van der Waals surface area contributed by atoms with Gasteiger partial charge in [-0.3, -0.25) is 0 Å². The Morgan fingerprint density at radius 1 is 1.27 bits per heavy atom. The van der Waals surface area contributed by atoms with Crippen molar-refractivity contribution < 1.29 is 18.3 Å². The van der Waals surface area contributed by atoms with Crippen molar-refractivity contribution in [2.24, 2.45) is 0 Å². The van der Waals surface area contributed by atoms with E-state index in [2.05, 4.69) is 10.2 Å². The van der Waals surface area contributed by atoms with E-state index in [1.165, 1.54) is 13.8 Å². The molecule has 0 aliphatic rings. The summed E-state index contributed by atoms with van der Waals surface area (Å²) in [5, 5.41) is 15.5. The number of halogens is 4. The Labute approximate surface area is 88.9 Å². The minimum Gasteiger partial charge on any atom is -0.379 e. The van der Waals surface area contributed by atoms with Crippen LogP contribution >= 0.6 is 11.6 Å². The fraction of sp³-hybridized carbons (Fsp3) is 0.500. The first-order valence-corrected chi connectivity index (χ1v) is 4.37. The van der Waals surface area contributed by atoms with Gasteiger partial charge in [0.05, 0.1) is 5.69 Å². The number of aliphatic hydroxyl groups excluding tert-OH is 1. The van der Waals surface area contributed by atoms with E-state index in [4.69, 9.17) is 16.7 Å². The zero-order chi connectivity index (χ0) is 11.8. The lowest BCUT2D eigenvalue weighted by Gasteiger charge is -2.18. The number of aromatic nitrogens is 2. The van der Waals surface area contributed by atoms with E-state index in [9.17, 15) is 13.2 Å². The topological polar surface area (TPSA) is 46.0 Å². The third-order valence-electron chi connectivity index (χ3n) is 2.04. The van der Waals surface area contributed by atoms with Crippen molar-refractivity contribution in [3.8, 4) is 0 Å². The molecule has 0 bridgehead atoms. The normalized spacial score (nSPS) is 14.1. The van der Waals surface area contributed by atoms with Gasteiger partial charge in [-0.1, -0.05) is 11.6 Å². The van der Waals surface area contributed by atoms with Crippen LogP contribution in [0.15, 0.2) is 0 Å². The van der Waals surface area contributed by atoms with Gasteiger partial charge in [-0.15, -0.1) is 5.10 Å². The molecule has 1 aromatic heterocycles. The van der Waals surface area contributed by atoms with E-state index < -0.39 is 23.0 Å². The van der Waals surface area contributed by atoms with Crippen molar-refractivity contribution in [3.63, 3.8) is 0 Å². The highest BCUT2D eigenvalue weighted by molar-refractivity contribution is 6.30. The van der Waals surface area contributed by atoms with E-state index >= 15 is 0 Å². The van der Waals surface area contributed by atoms with Crippen LogP contribution < -0.4 is 0 Å². The monoisotopic (exact) mass is 240 g/mol. The zero-order valence-electron chi connectivity index (χ0n) is 7.93. The maximum absolute atomic E-state index is 12.3. The zero-order valence-corrected chi connectivity index (χ0v) is 8.69. The average molecular weight is 241 g/mol. The minimum absolute atomic E-state index is 0.194. The predicted molar refractivity (Wildman–Crippen MR) is 47.5 cm³/mol. The summed E-state index contributed by atoms with van der Waals surface area (Å²) in [5.74, 6) is 0. The molecule has 0 saturated carbocycles. The Morgan fingerprint density at radius 2 is 1.80 bits per heavy atom. The van der Waals surface area contributed by atoms with Crippen molar-refractivity contribution in [2.45, 2.75) is 26.1 Å². The fourth-order valence-electron chi connectivity index (χ4n) is 1.08. The second-order valence-electron chi connectivity index (χ2n) is 3.06. The van der Waals surface area contributed by atoms with Gasteiger partial charge >= 0.3 is 6.18 Å². The molecule has 0 radical (unpaired) electrons. The Morgan fingerprint density at radius 3 is 2.27 bits per heavy atom. The van der Waals surface area contributed by atoms with Gasteiger partial charge in [-0.05, 0) is 19.4 Å². The van der Waals surface area contributed by atoms with E-state index in [0.29, 0.717) is 5.69 Å². The number of hydrogen-bond donors (Lipinski definition) is 1. The molecule has 0 spiro atoms. The van der Waals surface area contributed by atoms with Gasteiger partial charge in [0.2, 0.25) is 0 Å². The SMILES string of the molecule is Cc1nnc(Cl)c([C@H](O)C(F)(F)F)c1C. The fourth-order valence-corrected chi connectivity index (χ4v) is 1.36. The molecule has 1 N–H and O–H groups in total. The van der Waals surface area contributed by atoms with Crippen LogP contribution in [0.3, 0.4) is 0 Å². The lowest BCUT2D eigenvalue weighted by molar-refractivity contribution is -0.207. The Bertz CT molecular complexity index is 381. The molecule has 1 aromatic rings. The lowest BCUT2D eigenvalue weighted by atomic mass is 10.0. The number of hydrogen-bond acceptors (Lipinski definition) is 3. The molecule has 15 heavy (non-hydrogen) atoms. The van der Waals surface area contributed by atoms with Crippen LogP contribution in [0.5, 0.6) is 0 Å². The van der Waals surface area contributed by atoms with Gasteiger partial charge in [0.25, 0.3) is 0 Å². The number of alkyl halides is 3. The predicted octanol–water partition coefficient (Wildman–Crippen LogP) is 2.34. The Kier molecular flexibility index (Phi) is 3.20. The summed E-state index contributed by atoms with van der Waals surface area (Å²) in [6.45, 7) is 2.89. The Balaban J connectivity index is 3.31. The molecule has 0 fully saturated rings. The second-order valence-corrected chi connectivity index (χ2v) is 3.42. The average Bonchev–Trinajstić information content (AvgIpc) is 2.10. The van der Waals surface area contributed by atoms with Gasteiger partial charge in [0.1, 0.15) is 0 Å². The largest absolute Gasteiger partial charge is 0.418 e. The smallest absolute Gasteiger partial charge is 0.379 e. The lowest BCUT2D eigenvalue weighted by Crippen LogP contribution is -2.22. The molecule has 0 aromatic carbocycles. The van der Waals surface area contributed by atoms with Crippen LogP contribution in [-0.4, -0.2) is 21.5 Å². The molecule has 84 valence electrons. The van der Waals surface area contributed by atoms with Crippen LogP contribution in [0.25, 0.3) is 0 Å². The standard InChI is InChI=1S/C8H8ClF3N2O/c1-3-4(2)13-14-7(9)5(3)6(15)8(10,11)12/h6,15H,1-2H3/t6-/m0/s1. The summed E-state index contributed by atoms with van der Waals surface area (Å²) in [4.78, 5) is 0. The first kappa shape index (κ1) is 12.2. The Hall–Kier alpha value is -0.880. The molecule has 7 heteroatoms. The van der Waals surface area contributed by atoms with Crippen LogP contribution in [-0.2, 0) is 0 Å². The van der Waals surface area contributed by atoms with Crippen molar-refractivity contribution >= 4 is 11.6 Å². The van der Waals surface area contributed by atoms with E-state index in [1.54, 1.807) is 0 Å². The molecular formula is C8H8ClF3N2O. The summed E-state index contributed by atoms with van der Waals surface area (Å²) >= 11 is 5.47. The summed E-state index contributed by atoms with van der Waals surface area (Å²) < 4.78 is 36.8. The molecule has 3 nitrogen and oxygen atoms in total. The van der Waals surface area contributed by atoms with E-state index in [0.717, 1.165) is 0 Å². The number of nitrogens with zero attached hydrogens (tertiary/aromatic N) is 2. The molecule has 0 aliphatic carbocycles. The van der Waals surface area contributed by atoms with Crippen LogP contribution in [0.4, 0.5) is 13.2 Å². The number of aryl methyl sites for hydroxylation is 1. The molecule has 0 amide bonds. The molecule has 0 unspecified atom stereocenters. The highest BCUT2D eigenvalue weighted by atomic mass is 35.5. The first-order chi connectivity index (χ1) is 6.75. The maximum Gasteiger partial charge on any atom is 0.418 e. The van der Waals surface area contributed by atoms with Crippen molar-refractivity contribution in [1.82, 2.24) is 10.2 Å². The minimum atomic E-state index is -4.76. The van der Waals surface area contributed by atoms with Crippen molar-refractivity contribution in [3.05, 3.63) is 22.0 Å². The summed E-state index contributed by atoms with van der Waals surface area (Å²) in [5.41, 5.74) is 0.0641. The van der Waals surface area contributed by atoms with E-state index in [-0.39, 0.29) is 5.56 Å². The quantitative estimate of drug-likeness (QED) is 0.820. The first-order valence-electron chi connectivity index (χ1n) is 3.99. The van der Waals surface area contributed by atoms with Gasteiger partial charge < -0.3 is 5.11 Å². The highest BCUT2D eigenvalue weighted by Crippen LogP contribution is 2.37. The van der Waals surface area contributed by atoms with Crippen molar-refractivity contribution in [2.75, 3.05) is 0 Å². The molecule has 1 rings (SSSR count). The van der Waals surface area contributed by atoms with E-state index in [1.807, 2.05) is 0 Å². The number of rotatable bonds is 1. The molecule has 0 saturated heterocycles. The summed E-state index contributed by atoms with van der Waals surface area (Å²) in [6, 6.07) is 0. The number of aliphatic hydroxyl groups is 1. The van der Waals surface area contributed by atoms with Crippen LogP contribution in [0, 0.1) is 13.8 Å². The maximum atomic E-state index is 12.3. The molecular weight excluding hydrogens is 233 g/mol. The van der Waals surface area contributed by atoms with Gasteiger partial charge in [-0.25, -0.2) is 0 Å².